The molecule has 0 unspecified atom stereocenters. The van der Waals surface area contributed by atoms with Gasteiger partial charge in [0.15, 0.2) is 26.3 Å². The SMILES string of the molecule is CCS(=O)(=O)c1c(-c2nc3cc(C(F)(F)C(F)(F)F)nnc3n2C)nc(-c2ccnc(Cl)c2)n1C. The third-order valence-electron chi connectivity index (χ3n) is 5.21. The first-order valence-electron chi connectivity index (χ1n) is 9.76. The quantitative estimate of drug-likeness (QED) is 0.281. The monoisotopic (exact) mass is 535 g/mol. The van der Waals surface area contributed by atoms with E-state index in [0.717, 1.165) is 0 Å². The van der Waals surface area contributed by atoms with Crippen molar-refractivity contribution in [2.24, 2.45) is 14.1 Å². The van der Waals surface area contributed by atoms with Crippen LogP contribution in [0, 0.1) is 0 Å². The van der Waals surface area contributed by atoms with E-state index in [1.54, 1.807) is 6.07 Å². The highest BCUT2D eigenvalue weighted by atomic mass is 35.5. The van der Waals surface area contributed by atoms with E-state index in [0.29, 0.717) is 11.6 Å². The molecule has 0 saturated heterocycles. The number of fused-ring (bicyclic) bond motifs is 1. The van der Waals surface area contributed by atoms with Crippen LogP contribution < -0.4 is 0 Å². The van der Waals surface area contributed by atoms with Gasteiger partial charge in [-0.15, -0.1) is 10.2 Å². The van der Waals surface area contributed by atoms with Crippen molar-refractivity contribution < 1.29 is 30.4 Å². The third-order valence-corrected chi connectivity index (χ3v) is 7.23. The van der Waals surface area contributed by atoms with Crippen molar-refractivity contribution in [1.82, 2.24) is 34.3 Å². The number of pyridine rings is 1. The van der Waals surface area contributed by atoms with Crippen LogP contribution in [0.25, 0.3) is 34.1 Å². The predicted octanol–water partition coefficient (Wildman–Crippen LogP) is 3.93. The Morgan fingerprint density at radius 2 is 1.69 bits per heavy atom. The minimum Gasteiger partial charge on any atom is -0.318 e. The Balaban J connectivity index is 1.99. The molecular weight excluding hydrogens is 521 g/mol. The van der Waals surface area contributed by atoms with Gasteiger partial charge in [0.05, 0.1) is 5.75 Å². The summed E-state index contributed by atoms with van der Waals surface area (Å²) in [4.78, 5) is 12.4. The summed E-state index contributed by atoms with van der Waals surface area (Å²) in [5.74, 6) is -5.52. The van der Waals surface area contributed by atoms with Crippen LogP contribution in [0.3, 0.4) is 0 Å². The molecule has 9 nitrogen and oxygen atoms in total. The molecule has 0 aliphatic carbocycles. The molecule has 0 saturated carbocycles. The molecule has 0 fully saturated rings. The van der Waals surface area contributed by atoms with E-state index in [1.165, 1.54) is 42.4 Å². The van der Waals surface area contributed by atoms with Gasteiger partial charge in [0, 0.05) is 25.9 Å². The second-order valence-electron chi connectivity index (χ2n) is 7.42. The fraction of sp³-hybridized carbons (Fsp3) is 0.316. The van der Waals surface area contributed by atoms with Gasteiger partial charge in [-0.05, 0) is 18.2 Å². The van der Waals surface area contributed by atoms with E-state index < -0.39 is 27.6 Å². The van der Waals surface area contributed by atoms with Gasteiger partial charge in [0.2, 0.25) is 0 Å². The Labute approximate surface area is 199 Å². The van der Waals surface area contributed by atoms with Crippen molar-refractivity contribution in [3.8, 4) is 22.9 Å². The number of imidazole rings is 2. The molecule has 0 spiro atoms. The Bertz CT molecular complexity index is 1560. The van der Waals surface area contributed by atoms with Crippen molar-refractivity contribution in [1.29, 1.82) is 0 Å². The van der Waals surface area contributed by atoms with E-state index in [4.69, 9.17) is 11.6 Å². The Hall–Kier alpha value is -3.20. The van der Waals surface area contributed by atoms with Crippen LogP contribution in [-0.2, 0) is 29.9 Å². The Morgan fingerprint density at radius 3 is 2.29 bits per heavy atom. The first-order chi connectivity index (χ1) is 16.2. The molecule has 0 radical (unpaired) electrons. The van der Waals surface area contributed by atoms with Crippen molar-refractivity contribution in [3.05, 3.63) is 35.2 Å². The van der Waals surface area contributed by atoms with Gasteiger partial charge >= 0.3 is 12.1 Å². The van der Waals surface area contributed by atoms with Crippen LogP contribution in [0.15, 0.2) is 29.4 Å². The number of aromatic nitrogens is 7. The summed E-state index contributed by atoms with van der Waals surface area (Å²) in [5.41, 5.74) is -1.87. The number of sulfone groups is 1. The summed E-state index contributed by atoms with van der Waals surface area (Å²) >= 11 is 5.95. The third kappa shape index (κ3) is 4.01. The van der Waals surface area contributed by atoms with Crippen LogP contribution in [0.2, 0.25) is 5.15 Å². The summed E-state index contributed by atoms with van der Waals surface area (Å²) in [5, 5.41) is 6.40. The molecule has 4 aromatic rings. The van der Waals surface area contributed by atoms with Gasteiger partial charge in [0.25, 0.3) is 0 Å². The Kier molecular flexibility index (Phi) is 5.83. The number of aryl methyl sites for hydroxylation is 1. The second kappa shape index (κ2) is 8.19. The lowest BCUT2D eigenvalue weighted by Crippen LogP contribution is -2.34. The highest BCUT2D eigenvalue weighted by Gasteiger charge is 2.60. The molecule has 0 aliphatic heterocycles. The van der Waals surface area contributed by atoms with E-state index >= 15 is 0 Å². The normalized spacial score (nSPS) is 13.1. The van der Waals surface area contributed by atoms with Gasteiger partial charge in [-0.1, -0.05) is 18.5 Å². The summed E-state index contributed by atoms with van der Waals surface area (Å²) in [7, 11) is -1.09. The lowest BCUT2D eigenvalue weighted by atomic mass is 10.2. The minimum absolute atomic E-state index is 0.128. The molecule has 0 aliphatic rings. The molecule has 35 heavy (non-hydrogen) atoms. The van der Waals surface area contributed by atoms with Gasteiger partial charge in [-0.2, -0.15) is 22.0 Å². The van der Waals surface area contributed by atoms with Crippen molar-refractivity contribution in [2.45, 2.75) is 24.0 Å². The maximum absolute atomic E-state index is 13.8. The Morgan fingerprint density at radius 1 is 1.00 bits per heavy atom. The zero-order chi connectivity index (χ0) is 25.9. The average molecular weight is 536 g/mol. The summed E-state index contributed by atoms with van der Waals surface area (Å²) < 4.78 is 94.4. The molecule has 186 valence electrons. The van der Waals surface area contributed by atoms with E-state index in [9.17, 15) is 30.4 Å². The van der Waals surface area contributed by atoms with E-state index in [-0.39, 0.29) is 44.4 Å². The number of nitrogens with zero attached hydrogens (tertiary/aromatic N) is 7. The fourth-order valence-electron chi connectivity index (χ4n) is 3.42. The zero-order valence-corrected chi connectivity index (χ0v) is 19.7. The molecular formula is C19H15ClF5N7O2S. The van der Waals surface area contributed by atoms with Crippen molar-refractivity contribution in [3.63, 3.8) is 0 Å². The first kappa shape index (κ1) is 24.9. The smallest absolute Gasteiger partial charge is 0.318 e. The van der Waals surface area contributed by atoms with Crippen LogP contribution in [0.5, 0.6) is 0 Å². The largest absolute Gasteiger partial charge is 0.459 e. The van der Waals surface area contributed by atoms with Gasteiger partial charge < -0.3 is 9.13 Å². The summed E-state index contributed by atoms with van der Waals surface area (Å²) in [6.45, 7) is 1.42. The number of hydrogen-bond donors (Lipinski definition) is 0. The first-order valence-corrected chi connectivity index (χ1v) is 11.8. The fourth-order valence-corrected chi connectivity index (χ4v) is 4.80. The molecule has 4 aromatic heterocycles. The number of hydrogen-bond acceptors (Lipinski definition) is 7. The van der Waals surface area contributed by atoms with E-state index in [2.05, 4.69) is 25.1 Å². The van der Waals surface area contributed by atoms with Crippen molar-refractivity contribution >= 4 is 32.6 Å². The maximum Gasteiger partial charge on any atom is 0.459 e. The lowest BCUT2D eigenvalue weighted by Gasteiger charge is -2.17. The summed E-state index contributed by atoms with van der Waals surface area (Å²) in [6.07, 6.45) is -4.50. The summed E-state index contributed by atoms with van der Waals surface area (Å²) in [6, 6.07) is 3.47. The molecule has 0 atom stereocenters. The van der Waals surface area contributed by atoms with Crippen molar-refractivity contribution in [2.75, 3.05) is 5.75 Å². The minimum atomic E-state index is -5.89. The molecule has 0 N–H and O–H groups in total. The van der Waals surface area contributed by atoms with Crippen LogP contribution in [0.4, 0.5) is 22.0 Å². The molecule has 4 heterocycles. The number of halogens is 6. The van der Waals surface area contributed by atoms with Gasteiger partial charge in [0.1, 0.15) is 27.9 Å². The zero-order valence-electron chi connectivity index (χ0n) is 18.1. The highest BCUT2D eigenvalue weighted by molar-refractivity contribution is 7.91. The van der Waals surface area contributed by atoms with Gasteiger partial charge in [-0.3, -0.25) is 0 Å². The lowest BCUT2D eigenvalue weighted by molar-refractivity contribution is -0.291. The highest BCUT2D eigenvalue weighted by Crippen LogP contribution is 2.43. The predicted molar refractivity (Wildman–Crippen MR) is 114 cm³/mol. The number of rotatable bonds is 5. The topological polar surface area (TPSA) is 108 Å². The molecule has 0 amide bonds. The molecule has 16 heteroatoms. The standard InChI is InChI=1S/C19H15ClF5N7O2S/c1-4-35(33,34)17-13(28-14(32(17)3)9-5-6-26-12(20)7-9)16-27-10-8-11(18(21,22)19(23,24)25)29-30-15(10)31(16)2/h5-8H,4H2,1-3H3. The van der Waals surface area contributed by atoms with Crippen LogP contribution in [0.1, 0.15) is 12.6 Å². The van der Waals surface area contributed by atoms with Gasteiger partial charge in [-0.25, -0.2) is 23.4 Å². The van der Waals surface area contributed by atoms with Crippen LogP contribution >= 0.6 is 11.6 Å². The molecule has 0 bridgehead atoms. The molecule has 0 aromatic carbocycles. The average Bonchev–Trinajstić information content (AvgIpc) is 3.30. The molecule has 4 rings (SSSR count). The van der Waals surface area contributed by atoms with Crippen LogP contribution in [-0.4, -0.2) is 54.6 Å². The maximum atomic E-state index is 13.8. The van der Waals surface area contributed by atoms with E-state index in [1.807, 2.05) is 0 Å². The number of alkyl halides is 5. The second-order valence-corrected chi connectivity index (χ2v) is 10.0.